The summed E-state index contributed by atoms with van der Waals surface area (Å²) in [6, 6.07) is -0.358. The number of methoxy groups -OCH3 is 1. The number of aliphatic hydroxyl groups excluding tert-OH is 1. The number of cyclic esters (lactones) is 1. The molecule has 13 heteroatoms. The number of carbonyl (C=O) groups excluding carboxylic acids is 4. The molecule has 0 aromatic carbocycles. The number of aliphatic hydroxyl groups is 1. The molecular weight excluding hydrogens is 658 g/mol. The molecule has 3 heterocycles. The first-order valence-electron chi connectivity index (χ1n) is 18.7. The number of ether oxygens (including phenoxy) is 5. The molecular formula is C38H67N3O10. The lowest BCUT2D eigenvalue weighted by molar-refractivity contribution is -0.298. The van der Waals surface area contributed by atoms with E-state index in [0.717, 1.165) is 12.8 Å². The standard InChI is InChI=1S/C38H67N3O10/c1-14-29-38(7)27(18-31(43)51-38)23(3)16-15-22(2)19-37(6,47-13)34(24(4)32(44)25(5)35(46)49-29)50-36-33(45)28(40(10)11)17-26(48-36)20-41(12)30(42)21-39(8)9/h22-29,33-34,36,45H,14-21H2,1-13H3/t22-,23-,24-,25?,26-,27+,28?,29+,33+,34+,36-,37+,38-/m0/s1. The van der Waals surface area contributed by atoms with Crippen LogP contribution in [-0.2, 0) is 42.9 Å². The maximum Gasteiger partial charge on any atom is 0.316 e. The molecule has 3 saturated heterocycles. The number of nitrogens with zero attached hydrogens (tertiary/aromatic N) is 3. The van der Waals surface area contributed by atoms with Crippen molar-refractivity contribution < 1.29 is 48.0 Å². The summed E-state index contributed by atoms with van der Waals surface area (Å²) in [6.07, 6.45) is -1.09. The van der Waals surface area contributed by atoms with E-state index in [2.05, 4.69) is 13.8 Å². The van der Waals surface area contributed by atoms with Crippen LogP contribution in [0, 0.1) is 29.6 Å². The number of Topliss-reactive ketones (excluding diaryl/α,β-unsaturated/α-hetero) is 1. The van der Waals surface area contributed by atoms with E-state index in [1.54, 1.807) is 30.9 Å². The summed E-state index contributed by atoms with van der Waals surface area (Å²) in [4.78, 5) is 58.8. The van der Waals surface area contributed by atoms with Crippen LogP contribution in [0.1, 0.15) is 87.0 Å². The van der Waals surface area contributed by atoms with Crippen molar-refractivity contribution >= 4 is 23.6 Å². The molecule has 3 aliphatic heterocycles. The lowest BCUT2D eigenvalue weighted by Gasteiger charge is -2.47. The number of esters is 2. The van der Waals surface area contributed by atoms with Gasteiger partial charge in [0, 0.05) is 38.6 Å². The summed E-state index contributed by atoms with van der Waals surface area (Å²) in [6.45, 7) is 13.7. The molecule has 0 aliphatic carbocycles. The lowest BCUT2D eigenvalue weighted by Crippen LogP contribution is -2.60. The van der Waals surface area contributed by atoms with Gasteiger partial charge in [0.1, 0.15) is 23.7 Å². The van der Waals surface area contributed by atoms with Gasteiger partial charge in [-0.15, -0.1) is 0 Å². The van der Waals surface area contributed by atoms with Gasteiger partial charge in [0.2, 0.25) is 5.91 Å². The van der Waals surface area contributed by atoms with E-state index in [0.29, 0.717) is 19.3 Å². The molecule has 0 spiro atoms. The van der Waals surface area contributed by atoms with Gasteiger partial charge < -0.3 is 43.5 Å². The summed E-state index contributed by atoms with van der Waals surface area (Å²) in [5, 5.41) is 11.7. The van der Waals surface area contributed by atoms with Gasteiger partial charge in [0.15, 0.2) is 12.1 Å². The predicted octanol–water partition coefficient (Wildman–Crippen LogP) is 3.14. The molecule has 13 atom stereocenters. The van der Waals surface area contributed by atoms with Crippen LogP contribution in [0.3, 0.4) is 0 Å². The van der Waals surface area contributed by atoms with Crippen LogP contribution in [0.5, 0.6) is 0 Å². The number of fused-ring (bicyclic) bond motifs is 1. The maximum atomic E-state index is 14.3. The fraction of sp³-hybridized carbons (Fsp3) is 0.895. The number of rotatable bonds is 9. The molecule has 294 valence electrons. The average molecular weight is 726 g/mol. The topological polar surface area (TPSA) is 144 Å². The van der Waals surface area contributed by atoms with Crippen molar-refractivity contribution in [2.45, 2.75) is 135 Å². The third-order valence-electron chi connectivity index (χ3n) is 11.8. The van der Waals surface area contributed by atoms with Crippen LogP contribution in [0.2, 0.25) is 0 Å². The van der Waals surface area contributed by atoms with Crippen molar-refractivity contribution in [2.24, 2.45) is 29.6 Å². The van der Waals surface area contributed by atoms with Crippen LogP contribution in [0.4, 0.5) is 0 Å². The van der Waals surface area contributed by atoms with Crippen molar-refractivity contribution in [3.05, 3.63) is 0 Å². The minimum atomic E-state index is -1.16. The largest absolute Gasteiger partial charge is 0.458 e. The Bertz CT molecular complexity index is 1220. The Morgan fingerprint density at radius 1 is 1.02 bits per heavy atom. The third kappa shape index (κ3) is 10.1. The summed E-state index contributed by atoms with van der Waals surface area (Å²) >= 11 is 0. The van der Waals surface area contributed by atoms with Gasteiger partial charge >= 0.3 is 11.9 Å². The van der Waals surface area contributed by atoms with Crippen molar-refractivity contribution in [3.63, 3.8) is 0 Å². The fourth-order valence-corrected chi connectivity index (χ4v) is 8.58. The molecule has 2 unspecified atom stereocenters. The van der Waals surface area contributed by atoms with Gasteiger partial charge in [-0.2, -0.15) is 0 Å². The Balaban J connectivity index is 2.01. The molecule has 1 amide bonds. The van der Waals surface area contributed by atoms with E-state index < -0.39 is 65.5 Å². The highest BCUT2D eigenvalue weighted by atomic mass is 16.7. The SMILES string of the molecule is CC[C@H]1OC(=O)C(C)C(=O)[C@H](C)[C@@H](O[C@@H]2O[C@H](CN(C)C(=O)CN(C)C)CC(N(C)C)[C@H]2O)[C@](C)(OC)C[C@@H](C)CC[C@H](C)[C@H]2CC(=O)O[C@@]21C. The Kier molecular flexibility index (Phi) is 15.1. The zero-order valence-electron chi connectivity index (χ0n) is 33.5. The second kappa shape index (κ2) is 17.8. The van der Waals surface area contributed by atoms with Crippen LogP contribution in [-0.4, -0.2) is 147 Å². The molecule has 0 radical (unpaired) electrons. The molecule has 3 fully saturated rings. The number of hydrogen-bond donors (Lipinski definition) is 1. The third-order valence-corrected chi connectivity index (χ3v) is 11.8. The monoisotopic (exact) mass is 725 g/mol. The average Bonchev–Trinajstić information content (AvgIpc) is 3.38. The summed E-state index contributed by atoms with van der Waals surface area (Å²) < 4.78 is 31.4. The molecule has 0 saturated carbocycles. The molecule has 3 aliphatic rings. The maximum absolute atomic E-state index is 14.3. The van der Waals surface area contributed by atoms with Crippen LogP contribution in [0.25, 0.3) is 0 Å². The smallest absolute Gasteiger partial charge is 0.316 e. The van der Waals surface area contributed by atoms with Gasteiger partial charge in [-0.05, 0) is 80.1 Å². The Morgan fingerprint density at radius 3 is 2.24 bits per heavy atom. The van der Waals surface area contributed by atoms with Gasteiger partial charge in [0.05, 0.1) is 30.8 Å². The van der Waals surface area contributed by atoms with Crippen molar-refractivity contribution in [3.8, 4) is 0 Å². The van der Waals surface area contributed by atoms with Crippen LogP contribution < -0.4 is 0 Å². The van der Waals surface area contributed by atoms with Crippen molar-refractivity contribution in [1.29, 1.82) is 0 Å². The lowest BCUT2D eigenvalue weighted by atomic mass is 9.73. The molecule has 0 bridgehead atoms. The van der Waals surface area contributed by atoms with Gasteiger partial charge in [-0.1, -0.05) is 40.5 Å². The number of likely N-dealkylation sites (N-methyl/N-ethyl adjacent to an activating group) is 3. The number of carbonyl (C=O) groups is 4. The second-order valence-electron chi connectivity index (χ2n) is 16.5. The van der Waals surface area contributed by atoms with E-state index in [9.17, 15) is 24.3 Å². The van der Waals surface area contributed by atoms with Gasteiger partial charge in [-0.3, -0.25) is 19.2 Å². The first-order valence-corrected chi connectivity index (χ1v) is 18.7. The first kappa shape index (κ1) is 43.2. The van der Waals surface area contributed by atoms with E-state index in [1.165, 1.54) is 6.92 Å². The molecule has 13 nitrogen and oxygen atoms in total. The highest BCUT2D eigenvalue weighted by molar-refractivity contribution is 6.00. The summed E-state index contributed by atoms with van der Waals surface area (Å²) in [5.41, 5.74) is -2.04. The van der Waals surface area contributed by atoms with E-state index >= 15 is 0 Å². The number of hydrogen-bond acceptors (Lipinski definition) is 12. The van der Waals surface area contributed by atoms with Crippen LogP contribution in [0.15, 0.2) is 0 Å². The normalized spacial score (nSPS) is 40.3. The second-order valence-corrected chi connectivity index (χ2v) is 16.5. The predicted molar refractivity (Wildman–Crippen MR) is 192 cm³/mol. The zero-order chi connectivity index (χ0) is 38.6. The summed E-state index contributed by atoms with van der Waals surface area (Å²) in [7, 11) is 10.7. The van der Waals surface area contributed by atoms with Crippen molar-refractivity contribution in [1.82, 2.24) is 14.7 Å². The Morgan fingerprint density at radius 2 is 1.67 bits per heavy atom. The fourth-order valence-electron chi connectivity index (χ4n) is 8.58. The molecule has 0 aromatic heterocycles. The minimum absolute atomic E-state index is 0.0631. The molecule has 51 heavy (non-hydrogen) atoms. The van der Waals surface area contributed by atoms with E-state index in [4.69, 9.17) is 23.7 Å². The van der Waals surface area contributed by atoms with Crippen molar-refractivity contribution in [2.75, 3.05) is 55.4 Å². The highest BCUT2D eigenvalue weighted by Gasteiger charge is 2.55. The minimum Gasteiger partial charge on any atom is -0.458 e. The zero-order valence-corrected chi connectivity index (χ0v) is 33.5. The molecule has 3 rings (SSSR count). The van der Waals surface area contributed by atoms with E-state index in [-0.39, 0.29) is 55.2 Å². The van der Waals surface area contributed by atoms with Crippen LogP contribution >= 0.6 is 0 Å². The quantitative estimate of drug-likeness (QED) is 0.276. The molecule has 1 N–H and O–H groups in total. The Labute approximate surface area is 306 Å². The highest BCUT2D eigenvalue weighted by Crippen LogP contribution is 2.45. The Hall–Kier alpha value is -2.16. The van der Waals surface area contributed by atoms with Gasteiger partial charge in [-0.25, -0.2) is 0 Å². The number of amides is 1. The van der Waals surface area contributed by atoms with Gasteiger partial charge in [0.25, 0.3) is 0 Å². The van der Waals surface area contributed by atoms with E-state index in [1.807, 2.05) is 53.9 Å². The number of ketones is 1. The molecule has 0 aromatic rings. The summed E-state index contributed by atoms with van der Waals surface area (Å²) in [5.74, 6) is -3.44. The first-order chi connectivity index (χ1) is 23.7.